The lowest BCUT2D eigenvalue weighted by atomic mass is 10.1. The van der Waals surface area contributed by atoms with Crippen LogP contribution in [0, 0.1) is 0 Å². The summed E-state index contributed by atoms with van der Waals surface area (Å²) >= 11 is 0. The van der Waals surface area contributed by atoms with Gasteiger partial charge in [-0.25, -0.2) is 4.79 Å². The highest BCUT2D eigenvalue weighted by Gasteiger charge is 2.21. The van der Waals surface area contributed by atoms with E-state index in [-0.39, 0.29) is 12.3 Å². The summed E-state index contributed by atoms with van der Waals surface area (Å²) in [4.78, 5) is 27.0. The van der Waals surface area contributed by atoms with Gasteiger partial charge in [-0.1, -0.05) is 6.07 Å². The molecule has 0 aliphatic carbocycles. The zero-order chi connectivity index (χ0) is 21.0. The van der Waals surface area contributed by atoms with Gasteiger partial charge in [-0.3, -0.25) is 9.69 Å². The number of methoxy groups -OCH3 is 2. The topological polar surface area (TPSA) is 104 Å². The van der Waals surface area contributed by atoms with Crippen LogP contribution in [0.5, 0.6) is 17.2 Å². The van der Waals surface area contributed by atoms with Gasteiger partial charge in [-0.2, -0.15) is 0 Å². The van der Waals surface area contributed by atoms with Crippen LogP contribution in [-0.4, -0.2) is 71.1 Å². The maximum absolute atomic E-state index is 12.6. The second-order valence-corrected chi connectivity index (χ2v) is 6.86. The van der Waals surface area contributed by atoms with E-state index in [0.29, 0.717) is 49.8 Å². The van der Waals surface area contributed by atoms with Crippen molar-refractivity contribution in [3.8, 4) is 17.2 Å². The van der Waals surface area contributed by atoms with Gasteiger partial charge in [-0.05, 0) is 23.8 Å². The molecule has 0 radical (unpaired) electrons. The zero-order valence-corrected chi connectivity index (χ0v) is 16.5. The molecule has 1 aliphatic rings. The number of ether oxygens (including phenoxy) is 2. The van der Waals surface area contributed by atoms with Crippen LogP contribution in [-0.2, 0) is 13.1 Å². The molecule has 1 aliphatic heterocycles. The predicted octanol–water partition coefficient (Wildman–Crippen LogP) is 1.41. The smallest absolute Gasteiger partial charge is 0.407 e. The highest BCUT2D eigenvalue weighted by molar-refractivity contribution is 5.65. The third-order valence-corrected chi connectivity index (χ3v) is 5.06. The molecule has 156 valence electrons. The van der Waals surface area contributed by atoms with Crippen molar-refractivity contribution in [2.75, 3.05) is 40.4 Å². The standard InChI is InChI=1S/C20H25N3O6/c1-28-16-4-3-14(11-17(16)29-2)12-23-6-5-15(18(24)19(23)25)13-21-7-9-22(10-8-21)20(26)27/h3-6,11,24H,7-10,12-13H2,1-2H3,(H,26,27). The van der Waals surface area contributed by atoms with E-state index in [2.05, 4.69) is 0 Å². The Kier molecular flexibility index (Phi) is 6.28. The largest absolute Gasteiger partial charge is 0.503 e. The number of hydrogen-bond acceptors (Lipinski definition) is 6. The third kappa shape index (κ3) is 4.62. The second-order valence-electron chi connectivity index (χ2n) is 6.86. The molecule has 1 fully saturated rings. The van der Waals surface area contributed by atoms with Gasteiger partial charge in [0, 0.05) is 44.5 Å². The summed E-state index contributed by atoms with van der Waals surface area (Å²) < 4.78 is 11.9. The maximum atomic E-state index is 12.6. The average molecular weight is 403 g/mol. The fourth-order valence-electron chi connectivity index (χ4n) is 3.37. The summed E-state index contributed by atoms with van der Waals surface area (Å²) in [6, 6.07) is 7.12. The Hall–Kier alpha value is -3.20. The highest BCUT2D eigenvalue weighted by Crippen LogP contribution is 2.27. The Morgan fingerprint density at radius 1 is 1.03 bits per heavy atom. The molecule has 2 N–H and O–H groups in total. The Balaban J connectivity index is 1.71. The lowest BCUT2D eigenvalue weighted by Crippen LogP contribution is -2.47. The quantitative estimate of drug-likeness (QED) is 0.752. The summed E-state index contributed by atoms with van der Waals surface area (Å²) in [6.45, 7) is 2.61. The van der Waals surface area contributed by atoms with Crippen LogP contribution in [0.1, 0.15) is 11.1 Å². The second kappa shape index (κ2) is 8.87. The first kappa shape index (κ1) is 20.5. The van der Waals surface area contributed by atoms with Crippen molar-refractivity contribution in [2.24, 2.45) is 0 Å². The monoisotopic (exact) mass is 403 g/mol. The van der Waals surface area contributed by atoms with Gasteiger partial charge in [0.15, 0.2) is 17.2 Å². The predicted molar refractivity (Wildman–Crippen MR) is 106 cm³/mol. The molecule has 1 aromatic heterocycles. The van der Waals surface area contributed by atoms with Crippen LogP contribution >= 0.6 is 0 Å². The molecule has 29 heavy (non-hydrogen) atoms. The molecule has 2 aromatic rings. The van der Waals surface area contributed by atoms with Gasteiger partial charge >= 0.3 is 6.09 Å². The van der Waals surface area contributed by atoms with E-state index < -0.39 is 11.7 Å². The van der Waals surface area contributed by atoms with Gasteiger partial charge < -0.3 is 29.2 Å². The molecule has 2 heterocycles. The van der Waals surface area contributed by atoms with E-state index >= 15 is 0 Å². The summed E-state index contributed by atoms with van der Waals surface area (Å²) in [5.41, 5.74) is 0.894. The molecule has 1 amide bonds. The summed E-state index contributed by atoms with van der Waals surface area (Å²) in [7, 11) is 3.10. The first-order valence-electron chi connectivity index (χ1n) is 9.25. The van der Waals surface area contributed by atoms with Crippen LogP contribution in [0.2, 0.25) is 0 Å². The molecule has 1 saturated heterocycles. The number of aromatic hydroxyl groups is 1. The molecule has 9 heteroatoms. The SMILES string of the molecule is COc1ccc(Cn2ccc(CN3CCN(C(=O)O)CC3)c(O)c2=O)cc1OC. The summed E-state index contributed by atoms with van der Waals surface area (Å²) in [5, 5.41) is 19.4. The zero-order valence-electron chi connectivity index (χ0n) is 16.5. The Bertz CT molecular complexity index is 934. The number of carbonyl (C=O) groups is 1. The van der Waals surface area contributed by atoms with Gasteiger partial charge in [-0.15, -0.1) is 0 Å². The third-order valence-electron chi connectivity index (χ3n) is 5.06. The molecule has 0 bridgehead atoms. The molecule has 0 atom stereocenters. The van der Waals surface area contributed by atoms with Crippen molar-refractivity contribution in [1.29, 1.82) is 0 Å². The van der Waals surface area contributed by atoms with Crippen LogP contribution in [0.3, 0.4) is 0 Å². The Morgan fingerprint density at radius 2 is 1.72 bits per heavy atom. The normalized spacial score (nSPS) is 14.6. The first-order valence-corrected chi connectivity index (χ1v) is 9.25. The van der Waals surface area contributed by atoms with E-state index in [1.165, 1.54) is 9.47 Å². The van der Waals surface area contributed by atoms with E-state index in [9.17, 15) is 14.7 Å². The van der Waals surface area contributed by atoms with Crippen molar-refractivity contribution in [3.05, 3.63) is 51.9 Å². The number of benzene rings is 1. The number of piperazine rings is 1. The molecule has 1 aromatic carbocycles. The van der Waals surface area contributed by atoms with Gasteiger partial charge in [0.1, 0.15) is 0 Å². The van der Waals surface area contributed by atoms with E-state index in [4.69, 9.17) is 14.6 Å². The molecule has 9 nitrogen and oxygen atoms in total. The fourth-order valence-corrected chi connectivity index (χ4v) is 3.37. The van der Waals surface area contributed by atoms with Crippen molar-refractivity contribution in [1.82, 2.24) is 14.4 Å². The van der Waals surface area contributed by atoms with Crippen molar-refractivity contribution >= 4 is 6.09 Å². The fraction of sp³-hybridized carbons (Fsp3) is 0.400. The molecule has 3 rings (SSSR count). The van der Waals surface area contributed by atoms with Crippen LogP contribution in [0.25, 0.3) is 0 Å². The van der Waals surface area contributed by atoms with Gasteiger partial charge in [0.2, 0.25) is 0 Å². The minimum atomic E-state index is -0.926. The molecule has 0 saturated carbocycles. The van der Waals surface area contributed by atoms with Crippen molar-refractivity contribution < 1.29 is 24.5 Å². The lowest BCUT2D eigenvalue weighted by molar-refractivity contribution is 0.102. The highest BCUT2D eigenvalue weighted by atomic mass is 16.5. The van der Waals surface area contributed by atoms with Crippen LogP contribution in [0.15, 0.2) is 35.3 Å². The van der Waals surface area contributed by atoms with E-state index in [1.54, 1.807) is 38.6 Å². The first-order chi connectivity index (χ1) is 13.9. The Morgan fingerprint density at radius 3 is 2.34 bits per heavy atom. The molecular formula is C20H25N3O6. The minimum absolute atomic E-state index is 0.282. The van der Waals surface area contributed by atoms with E-state index in [0.717, 1.165) is 5.56 Å². The minimum Gasteiger partial charge on any atom is -0.503 e. The summed E-state index contributed by atoms with van der Waals surface area (Å²) in [5.74, 6) is 0.887. The van der Waals surface area contributed by atoms with Crippen LogP contribution < -0.4 is 15.0 Å². The van der Waals surface area contributed by atoms with Gasteiger partial charge in [0.25, 0.3) is 5.56 Å². The summed E-state index contributed by atoms with van der Waals surface area (Å²) in [6.07, 6.45) is 0.729. The number of amides is 1. The molecule has 0 unspecified atom stereocenters. The molecule has 0 spiro atoms. The van der Waals surface area contributed by atoms with E-state index in [1.807, 2.05) is 11.0 Å². The molecular weight excluding hydrogens is 378 g/mol. The number of rotatable bonds is 6. The Labute approximate surface area is 168 Å². The van der Waals surface area contributed by atoms with Gasteiger partial charge in [0.05, 0.1) is 20.8 Å². The average Bonchev–Trinajstić information content (AvgIpc) is 2.73. The number of nitrogens with zero attached hydrogens (tertiary/aromatic N) is 3. The van der Waals surface area contributed by atoms with Crippen molar-refractivity contribution in [3.63, 3.8) is 0 Å². The number of hydrogen-bond donors (Lipinski definition) is 2. The number of carboxylic acid groups (broad SMARTS) is 1. The van der Waals surface area contributed by atoms with Crippen molar-refractivity contribution in [2.45, 2.75) is 13.1 Å². The van der Waals surface area contributed by atoms with Crippen LogP contribution in [0.4, 0.5) is 4.79 Å². The maximum Gasteiger partial charge on any atom is 0.407 e. The lowest BCUT2D eigenvalue weighted by Gasteiger charge is -2.33. The number of aromatic nitrogens is 1. The number of pyridine rings is 1.